The van der Waals surface area contributed by atoms with Crippen molar-refractivity contribution >= 4 is 33.1 Å². The van der Waals surface area contributed by atoms with Crippen molar-refractivity contribution in [1.29, 1.82) is 0 Å². The van der Waals surface area contributed by atoms with Gasteiger partial charge in [0.25, 0.3) is 0 Å². The fourth-order valence-electron chi connectivity index (χ4n) is 1.63. The second-order valence-electron chi connectivity index (χ2n) is 4.23. The lowest BCUT2D eigenvalue weighted by atomic mass is 9.89. The quantitative estimate of drug-likeness (QED) is 0.621. The van der Waals surface area contributed by atoms with E-state index in [1.54, 1.807) is 6.92 Å². The van der Waals surface area contributed by atoms with Crippen LogP contribution in [-0.4, -0.2) is 42.5 Å². The first-order valence-corrected chi connectivity index (χ1v) is 6.75. The fourth-order valence-corrected chi connectivity index (χ4v) is 3.47. The van der Waals surface area contributed by atoms with Crippen LogP contribution in [0.25, 0.3) is 0 Å². The first-order valence-electron chi connectivity index (χ1n) is 4.73. The van der Waals surface area contributed by atoms with Crippen molar-refractivity contribution in [2.75, 3.05) is 18.8 Å². The van der Waals surface area contributed by atoms with Crippen LogP contribution in [0.2, 0.25) is 0 Å². The van der Waals surface area contributed by atoms with Gasteiger partial charge in [-0.15, -0.1) is 0 Å². The zero-order chi connectivity index (χ0) is 12.6. The molecule has 1 atom stereocenters. The van der Waals surface area contributed by atoms with Crippen LogP contribution in [0.5, 0.6) is 0 Å². The molecule has 0 aliphatic carbocycles. The first kappa shape index (κ1) is 13.3. The molecule has 1 rings (SSSR count). The molecule has 0 saturated carbocycles. The van der Waals surface area contributed by atoms with Crippen molar-refractivity contribution in [2.45, 2.75) is 13.3 Å². The Bertz CT molecular complexity index is 420. The molecule has 0 bridgehead atoms. The van der Waals surface area contributed by atoms with Gasteiger partial charge < -0.3 is 11.5 Å². The van der Waals surface area contributed by atoms with Gasteiger partial charge in [0.05, 0.1) is 10.4 Å². The van der Waals surface area contributed by atoms with Crippen LogP contribution in [0, 0.1) is 5.41 Å². The summed E-state index contributed by atoms with van der Waals surface area (Å²) in [6.07, 6.45) is 0.429. The molecular formula is C8H15N3O3S2. The van der Waals surface area contributed by atoms with Gasteiger partial charge in [0.1, 0.15) is 5.75 Å². The molecule has 6 nitrogen and oxygen atoms in total. The third-order valence-corrected chi connectivity index (χ3v) is 4.85. The van der Waals surface area contributed by atoms with Crippen LogP contribution in [0.15, 0.2) is 0 Å². The van der Waals surface area contributed by atoms with Gasteiger partial charge in [0, 0.05) is 13.1 Å². The summed E-state index contributed by atoms with van der Waals surface area (Å²) in [5.41, 5.74) is 9.65. The van der Waals surface area contributed by atoms with E-state index in [1.807, 2.05) is 0 Å². The molecule has 1 saturated heterocycles. The number of hydrogen-bond acceptors (Lipinski definition) is 4. The minimum atomic E-state index is -3.50. The SMILES string of the molecule is CC1(C(N)=O)CCN(S(=O)(=O)CC(N)=S)C1. The van der Waals surface area contributed by atoms with Crippen LogP contribution < -0.4 is 11.5 Å². The number of amides is 1. The molecule has 1 heterocycles. The highest BCUT2D eigenvalue weighted by atomic mass is 32.2. The number of rotatable bonds is 4. The van der Waals surface area contributed by atoms with E-state index in [0.29, 0.717) is 6.42 Å². The van der Waals surface area contributed by atoms with Crippen LogP contribution >= 0.6 is 12.2 Å². The topological polar surface area (TPSA) is 106 Å². The maximum absolute atomic E-state index is 11.8. The summed E-state index contributed by atoms with van der Waals surface area (Å²) in [6.45, 7) is 2.04. The van der Waals surface area contributed by atoms with Crippen molar-refractivity contribution in [3.63, 3.8) is 0 Å². The lowest BCUT2D eigenvalue weighted by Gasteiger charge is -2.20. The van der Waals surface area contributed by atoms with E-state index in [9.17, 15) is 13.2 Å². The highest BCUT2D eigenvalue weighted by Gasteiger charge is 2.43. The molecule has 16 heavy (non-hydrogen) atoms. The van der Waals surface area contributed by atoms with Gasteiger partial charge in [0.2, 0.25) is 15.9 Å². The molecule has 4 N–H and O–H groups in total. The lowest BCUT2D eigenvalue weighted by molar-refractivity contribution is -0.126. The summed E-state index contributed by atoms with van der Waals surface area (Å²) < 4.78 is 24.7. The average molecular weight is 265 g/mol. The van der Waals surface area contributed by atoms with Crippen molar-refractivity contribution in [2.24, 2.45) is 16.9 Å². The molecule has 0 aromatic carbocycles. The van der Waals surface area contributed by atoms with Crippen molar-refractivity contribution in [1.82, 2.24) is 4.31 Å². The summed E-state index contributed by atoms with van der Waals surface area (Å²) in [7, 11) is -3.50. The predicted octanol–water partition coefficient (Wildman–Crippen LogP) is -1.20. The molecule has 1 amide bonds. The smallest absolute Gasteiger partial charge is 0.224 e. The third-order valence-electron chi connectivity index (χ3n) is 2.75. The number of nitrogens with zero attached hydrogens (tertiary/aromatic N) is 1. The second-order valence-corrected chi connectivity index (χ2v) is 6.72. The Balaban J connectivity index is 2.81. The monoisotopic (exact) mass is 265 g/mol. The minimum absolute atomic E-state index is 0.0762. The fraction of sp³-hybridized carbons (Fsp3) is 0.750. The molecule has 8 heteroatoms. The van der Waals surface area contributed by atoms with Gasteiger partial charge in [-0.3, -0.25) is 4.79 Å². The Morgan fingerprint density at radius 2 is 2.06 bits per heavy atom. The number of sulfonamides is 1. The normalized spacial score (nSPS) is 26.8. The summed E-state index contributed by atoms with van der Waals surface area (Å²) in [5.74, 6) is -0.850. The Kier molecular flexibility index (Phi) is 3.56. The molecule has 0 radical (unpaired) electrons. The van der Waals surface area contributed by atoms with Crippen LogP contribution in [0.3, 0.4) is 0 Å². The summed E-state index contributed by atoms with van der Waals surface area (Å²) in [5, 5.41) is 0. The summed E-state index contributed by atoms with van der Waals surface area (Å²) >= 11 is 4.57. The van der Waals surface area contributed by atoms with E-state index in [1.165, 1.54) is 4.31 Å². The molecule has 0 aromatic heterocycles. The standard InChI is InChI=1S/C8H15N3O3S2/c1-8(7(10)12)2-3-11(5-8)16(13,14)4-6(9)15/h2-5H2,1H3,(H2,9,15)(H2,10,12). The van der Waals surface area contributed by atoms with Gasteiger partial charge >= 0.3 is 0 Å². The zero-order valence-corrected chi connectivity index (χ0v) is 10.6. The van der Waals surface area contributed by atoms with Gasteiger partial charge in [0.15, 0.2) is 0 Å². The molecule has 1 aliphatic rings. The van der Waals surface area contributed by atoms with Crippen LogP contribution in [0.1, 0.15) is 13.3 Å². The molecule has 0 aromatic rings. The Morgan fingerprint density at radius 1 is 1.50 bits per heavy atom. The number of primary amides is 1. The van der Waals surface area contributed by atoms with Crippen molar-refractivity contribution in [3.05, 3.63) is 0 Å². The molecule has 1 aliphatic heterocycles. The Labute approximate surface area is 100 Å². The van der Waals surface area contributed by atoms with Gasteiger partial charge in [-0.1, -0.05) is 12.2 Å². The van der Waals surface area contributed by atoms with E-state index in [2.05, 4.69) is 12.2 Å². The maximum atomic E-state index is 11.8. The van der Waals surface area contributed by atoms with E-state index in [-0.39, 0.29) is 23.8 Å². The molecule has 0 spiro atoms. The number of nitrogens with two attached hydrogens (primary N) is 2. The molecule has 1 unspecified atom stereocenters. The van der Waals surface area contributed by atoms with Gasteiger partial charge in [-0.05, 0) is 13.3 Å². The number of thiocarbonyl (C=S) groups is 1. The minimum Gasteiger partial charge on any atom is -0.392 e. The van der Waals surface area contributed by atoms with Gasteiger partial charge in [-0.2, -0.15) is 0 Å². The molecular weight excluding hydrogens is 250 g/mol. The summed E-state index contributed by atoms with van der Waals surface area (Å²) in [6, 6.07) is 0. The number of carbonyl (C=O) groups excluding carboxylic acids is 1. The van der Waals surface area contributed by atoms with Crippen molar-refractivity contribution in [3.8, 4) is 0 Å². The first-order chi connectivity index (χ1) is 7.17. The molecule has 1 fully saturated rings. The highest BCUT2D eigenvalue weighted by molar-refractivity contribution is 7.92. The van der Waals surface area contributed by atoms with Crippen LogP contribution in [0.4, 0.5) is 0 Å². The van der Waals surface area contributed by atoms with Crippen molar-refractivity contribution < 1.29 is 13.2 Å². The van der Waals surface area contributed by atoms with E-state index in [0.717, 1.165) is 0 Å². The van der Waals surface area contributed by atoms with E-state index < -0.39 is 21.3 Å². The predicted molar refractivity (Wildman–Crippen MR) is 64.1 cm³/mol. The lowest BCUT2D eigenvalue weighted by Crippen LogP contribution is -2.40. The maximum Gasteiger partial charge on any atom is 0.224 e. The van der Waals surface area contributed by atoms with E-state index in [4.69, 9.17) is 11.5 Å². The zero-order valence-electron chi connectivity index (χ0n) is 8.97. The number of hydrogen-bond donors (Lipinski definition) is 2. The van der Waals surface area contributed by atoms with Gasteiger partial charge in [-0.25, -0.2) is 12.7 Å². The highest BCUT2D eigenvalue weighted by Crippen LogP contribution is 2.31. The Hall–Kier alpha value is -0.730. The molecule has 92 valence electrons. The van der Waals surface area contributed by atoms with Crippen LogP contribution in [-0.2, 0) is 14.8 Å². The second kappa shape index (κ2) is 4.27. The Morgan fingerprint density at radius 3 is 2.44 bits per heavy atom. The summed E-state index contributed by atoms with van der Waals surface area (Å²) in [4.78, 5) is 11.1. The van der Waals surface area contributed by atoms with E-state index >= 15 is 0 Å². The number of carbonyl (C=O) groups is 1. The average Bonchev–Trinajstić information content (AvgIpc) is 2.47. The largest absolute Gasteiger partial charge is 0.392 e. The third kappa shape index (κ3) is 2.69.